The molecule has 2 aromatic rings. The van der Waals surface area contributed by atoms with Crippen molar-refractivity contribution in [1.29, 1.82) is 0 Å². The second-order valence-corrected chi connectivity index (χ2v) is 8.12. The summed E-state index contributed by atoms with van der Waals surface area (Å²) in [6.45, 7) is 2.91. The van der Waals surface area contributed by atoms with Crippen LogP contribution in [-0.2, 0) is 4.79 Å². The fourth-order valence-electron chi connectivity index (χ4n) is 4.00. The van der Waals surface area contributed by atoms with Crippen molar-refractivity contribution < 1.29 is 4.79 Å². The first-order chi connectivity index (χ1) is 14.7. The zero-order valence-electron chi connectivity index (χ0n) is 17.4. The van der Waals surface area contributed by atoms with Gasteiger partial charge in [0.15, 0.2) is 0 Å². The number of likely N-dealkylation sites (N-methyl/N-ethyl adjacent to an activating group) is 1. The third-order valence-electron chi connectivity index (χ3n) is 5.86. The van der Waals surface area contributed by atoms with Crippen molar-refractivity contribution in [3.63, 3.8) is 0 Å². The van der Waals surface area contributed by atoms with Gasteiger partial charge in [-0.2, -0.15) is 0 Å². The van der Waals surface area contributed by atoms with E-state index in [9.17, 15) is 9.59 Å². The molecule has 2 aliphatic rings. The molecule has 7 nitrogen and oxygen atoms in total. The molecule has 1 aliphatic carbocycles. The van der Waals surface area contributed by atoms with E-state index in [1.807, 2.05) is 36.2 Å². The van der Waals surface area contributed by atoms with E-state index in [-0.39, 0.29) is 17.5 Å². The molecule has 0 unspecified atom stereocenters. The van der Waals surface area contributed by atoms with Gasteiger partial charge in [-0.15, -0.1) is 0 Å². The van der Waals surface area contributed by atoms with E-state index in [4.69, 9.17) is 0 Å². The number of aromatic amines is 1. The lowest BCUT2D eigenvalue weighted by Crippen LogP contribution is -2.42. The maximum atomic E-state index is 12.8. The van der Waals surface area contributed by atoms with E-state index in [1.54, 1.807) is 24.7 Å². The van der Waals surface area contributed by atoms with E-state index < -0.39 is 0 Å². The Balaban J connectivity index is 1.56. The van der Waals surface area contributed by atoms with Crippen LogP contribution in [0.15, 0.2) is 53.7 Å². The van der Waals surface area contributed by atoms with Crippen molar-refractivity contribution in [3.05, 3.63) is 59.3 Å². The van der Waals surface area contributed by atoms with Crippen molar-refractivity contribution in [1.82, 2.24) is 20.2 Å². The summed E-state index contributed by atoms with van der Waals surface area (Å²) in [5.41, 5.74) is 2.61. The lowest BCUT2D eigenvalue weighted by atomic mass is 10.1. The first-order valence-electron chi connectivity index (χ1n) is 10.7. The van der Waals surface area contributed by atoms with E-state index in [2.05, 4.69) is 20.2 Å². The maximum Gasteiger partial charge on any atom is 0.271 e. The fraction of sp³-hybridized carbons (Fsp3) is 0.435. The number of pyridine rings is 2. The van der Waals surface area contributed by atoms with Crippen molar-refractivity contribution in [3.8, 4) is 11.1 Å². The number of likely N-dealkylation sites (tertiary alicyclic amines) is 1. The van der Waals surface area contributed by atoms with Crippen molar-refractivity contribution >= 4 is 11.6 Å². The molecule has 1 saturated heterocycles. The highest BCUT2D eigenvalue weighted by Crippen LogP contribution is 2.33. The molecule has 3 heterocycles. The number of rotatable bonds is 8. The highest BCUT2D eigenvalue weighted by molar-refractivity contribution is 5.88. The Bertz CT molecular complexity index is 952. The van der Waals surface area contributed by atoms with E-state index in [1.165, 1.54) is 12.8 Å². The second kappa shape index (κ2) is 9.26. The Morgan fingerprint density at radius 3 is 2.83 bits per heavy atom. The van der Waals surface area contributed by atoms with Crippen molar-refractivity contribution in [2.75, 3.05) is 38.1 Å². The molecule has 7 heteroatoms. The topological polar surface area (TPSA) is 81.3 Å². The molecule has 1 aliphatic heterocycles. The van der Waals surface area contributed by atoms with Crippen LogP contribution in [0.25, 0.3) is 11.1 Å². The van der Waals surface area contributed by atoms with Crippen molar-refractivity contribution in [2.45, 2.75) is 25.3 Å². The van der Waals surface area contributed by atoms with E-state index in [0.717, 1.165) is 30.6 Å². The molecular formula is C23H29N5O2. The molecule has 0 bridgehead atoms. The van der Waals surface area contributed by atoms with Crippen LogP contribution in [0.4, 0.5) is 5.69 Å². The van der Waals surface area contributed by atoms with Crippen LogP contribution in [-0.4, -0.2) is 60.0 Å². The average Bonchev–Trinajstić information content (AvgIpc) is 3.46. The van der Waals surface area contributed by atoms with Crippen LogP contribution in [0.3, 0.4) is 0 Å². The molecule has 2 fully saturated rings. The number of aromatic nitrogens is 2. The van der Waals surface area contributed by atoms with Crippen LogP contribution in [0.1, 0.15) is 19.3 Å². The van der Waals surface area contributed by atoms with Gasteiger partial charge in [-0.05, 0) is 56.0 Å². The standard InChI is InChI=1S/C23H29N5O2/c1-24-9-2-3-22(29)27-12-8-20(16-27)28(15-17-4-5-17)21-13-19(14-26-23(21)30)18-6-10-25-11-7-18/h2-3,6-7,10-11,13-14,17,20,24H,4-5,8-9,12,15-16H2,1H3,(H,26,30)/t20-/m1/s1. The lowest BCUT2D eigenvalue weighted by Gasteiger charge is -2.31. The van der Waals surface area contributed by atoms with Gasteiger partial charge in [0, 0.05) is 62.5 Å². The lowest BCUT2D eigenvalue weighted by molar-refractivity contribution is -0.125. The maximum absolute atomic E-state index is 12.8. The third-order valence-corrected chi connectivity index (χ3v) is 5.86. The number of amides is 1. The zero-order valence-corrected chi connectivity index (χ0v) is 17.4. The number of carbonyl (C=O) groups is 1. The predicted molar refractivity (Wildman–Crippen MR) is 118 cm³/mol. The zero-order chi connectivity index (χ0) is 20.9. The molecule has 1 atom stereocenters. The predicted octanol–water partition coefficient (Wildman–Crippen LogP) is 2.03. The quantitative estimate of drug-likeness (QED) is 0.655. The first-order valence-corrected chi connectivity index (χ1v) is 10.7. The Morgan fingerprint density at radius 2 is 2.10 bits per heavy atom. The van der Waals surface area contributed by atoms with Crippen LogP contribution in [0.2, 0.25) is 0 Å². The summed E-state index contributed by atoms with van der Waals surface area (Å²) < 4.78 is 0. The Labute approximate surface area is 176 Å². The number of carbonyl (C=O) groups excluding carboxylic acids is 1. The van der Waals surface area contributed by atoms with Gasteiger partial charge in [-0.1, -0.05) is 6.08 Å². The average molecular weight is 408 g/mol. The number of nitrogens with one attached hydrogen (secondary N) is 2. The molecule has 1 saturated carbocycles. The molecule has 0 spiro atoms. The minimum atomic E-state index is -0.0767. The molecule has 4 rings (SSSR count). The minimum absolute atomic E-state index is 0.0403. The highest BCUT2D eigenvalue weighted by atomic mass is 16.2. The molecule has 2 N–H and O–H groups in total. The summed E-state index contributed by atoms with van der Waals surface area (Å²) >= 11 is 0. The van der Waals surface area contributed by atoms with Gasteiger partial charge in [-0.3, -0.25) is 14.6 Å². The van der Waals surface area contributed by atoms with E-state index >= 15 is 0 Å². The molecule has 0 radical (unpaired) electrons. The number of hydrogen-bond acceptors (Lipinski definition) is 5. The third kappa shape index (κ3) is 4.79. The van der Waals surface area contributed by atoms with Gasteiger partial charge in [0.1, 0.15) is 5.69 Å². The number of nitrogens with zero attached hydrogens (tertiary/aromatic N) is 3. The monoisotopic (exact) mass is 407 g/mol. The highest BCUT2D eigenvalue weighted by Gasteiger charge is 2.34. The fourth-order valence-corrected chi connectivity index (χ4v) is 4.00. The normalized spacial score (nSPS) is 18.8. The molecule has 1 amide bonds. The van der Waals surface area contributed by atoms with Crippen LogP contribution in [0.5, 0.6) is 0 Å². The Morgan fingerprint density at radius 1 is 1.30 bits per heavy atom. The van der Waals surface area contributed by atoms with Gasteiger partial charge in [0.25, 0.3) is 5.56 Å². The van der Waals surface area contributed by atoms with Crippen molar-refractivity contribution in [2.24, 2.45) is 5.92 Å². The summed E-state index contributed by atoms with van der Waals surface area (Å²) in [5, 5.41) is 3.01. The second-order valence-electron chi connectivity index (χ2n) is 8.12. The van der Waals surface area contributed by atoms with Gasteiger partial charge in [0.2, 0.25) is 5.91 Å². The van der Waals surface area contributed by atoms with Gasteiger partial charge in [-0.25, -0.2) is 0 Å². The van der Waals surface area contributed by atoms with Gasteiger partial charge in [0.05, 0.1) is 0 Å². The molecule has 0 aromatic carbocycles. The summed E-state index contributed by atoms with van der Waals surface area (Å²) in [5.74, 6) is 0.674. The largest absolute Gasteiger partial charge is 0.362 e. The van der Waals surface area contributed by atoms with Crippen LogP contribution in [0, 0.1) is 5.92 Å². The number of anilines is 1. The number of hydrogen-bond donors (Lipinski definition) is 2. The van der Waals surface area contributed by atoms with E-state index in [0.29, 0.717) is 24.7 Å². The smallest absolute Gasteiger partial charge is 0.271 e. The Kier molecular flexibility index (Phi) is 6.28. The van der Waals surface area contributed by atoms with Crippen LogP contribution < -0.4 is 15.8 Å². The SMILES string of the molecule is CNCC=CC(=O)N1CC[C@@H](N(CC2CC2)c2cc(-c3ccncc3)c[nH]c2=O)C1. The summed E-state index contributed by atoms with van der Waals surface area (Å²) in [7, 11) is 1.86. The summed E-state index contributed by atoms with van der Waals surface area (Å²) in [6.07, 6.45) is 12.0. The molecule has 30 heavy (non-hydrogen) atoms. The Hall–Kier alpha value is -2.93. The minimum Gasteiger partial charge on any atom is -0.362 e. The van der Waals surface area contributed by atoms with Crippen LogP contribution >= 0.6 is 0 Å². The molecular weight excluding hydrogens is 378 g/mol. The molecule has 2 aromatic heterocycles. The first kappa shape index (κ1) is 20.3. The van der Waals surface area contributed by atoms with Gasteiger partial charge >= 0.3 is 0 Å². The summed E-state index contributed by atoms with van der Waals surface area (Å²) in [4.78, 5) is 36.4. The van der Waals surface area contributed by atoms with Gasteiger partial charge < -0.3 is 20.1 Å². The number of H-pyrrole nitrogens is 1. The summed E-state index contributed by atoms with van der Waals surface area (Å²) in [6, 6.07) is 6.01. The molecule has 158 valence electrons.